The molecule has 1 atom stereocenters. The first-order chi connectivity index (χ1) is 8.66. The van der Waals surface area contributed by atoms with Gasteiger partial charge in [0.05, 0.1) is 6.10 Å². The van der Waals surface area contributed by atoms with Crippen molar-refractivity contribution in [2.45, 2.75) is 38.2 Å². The smallest absolute Gasteiger partial charge is 0.149 e. The highest BCUT2D eigenvalue weighted by molar-refractivity contribution is 5.46. The van der Waals surface area contributed by atoms with Crippen LogP contribution in [0.25, 0.3) is 0 Å². The van der Waals surface area contributed by atoms with Crippen LogP contribution in [0.15, 0.2) is 18.2 Å². The molecule has 1 saturated carbocycles. The monoisotopic (exact) mass is 255 g/mol. The van der Waals surface area contributed by atoms with Gasteiger partial charge in [-0.25, -0.2) is 8.78 Å². The molecule has 4 heteroatoms. The van der Waals surface area contributed by atoms with Crippen molar-refractivity contribution in [2.24, 2.45) is 5.92 Å². The molecule has 0 heterocycles. The quantitative estimate of drug-likeness (QED) is 0.846. The van der Waals surface area contributed by atoms with Crippen LogP contribution < -0.4 is 5.32 Å². The molecule has 0 spiro atoms. The lowest BCUT2D eigenvalue weighted by Crippen LogP contribution is -2.22. The normalized spacial score (nSPS) is 17.9. The lowest BCUT2D eigenvalue weighted by Gasteiger charge is -2.17. The summed E-state index contributed by atoms with van der Waals surface area (Å²) in [6.07, 6.45) is 4.94. The number of hydrogen-bond acceptors (Lipinski definition) is 2. The molecule has 0 aromatic heterocycles. The van der Waals surface area contributed by atoms with E-state index in [2.05, 4.69) is 5.32 Å². The molecular weight excluding hydrogens is 236 g/mol. The largest absolute Gasteiger partial charge is 0.391 e. The maximum Gasteiger partial charge on any atom is 0.149 e. The van der Waals surface area contributed by atoms with Crippen LogP contribution in [0.5, 0.6) is 0 Å². The number of nitrogens with one attached hydrogen (secondary N) is 1. The molecule has 2 nitrogen and oxygen atoms in total. The van der Waals surface area contributed by atoms with E-state index >= 15 is 0 Å². The van der Waals surface area contributed by atoms with E-state index in [1.807, 2.05) is 0 Å². The summed E-state index contributed by atoms with van der Waals surface area (Å²) in [5.41, 5.74) is -0.150. The van der Waals surface area contributed by atoms with E-state index in [0.717, 1.165) is 12.8 Å². The van der Waals surface area contributed by atoms with Gasteiger partial charge in [-0.3, -0.25) is 0 Å². The number of halogens is 2. The van der Waals surface area contributed by atoms with Crippen molar-refractivity contribution in [1.82, 2.24) is 0 Å². The van der Waals surface area contributed by atoms with Crippen molar-refractivity contribution in [3.8, 4) is 0 Å². The molecular formula is C14H19F2NO. The van der Waals surface area contributed by atoms with Crippen molar-refractivity contribution in [3.63, 3.8) is 0 Å². The van der Waals surface area contributed by atoms with E-state index in [4.69, 9.17) is 0 Å². The molecule has 1 aliphatic rings. The number of para-hydroxylation sites is 1. The van der Waals surface area contributed by atoms with E-state index in [9.17, 15) is 13.9 Å². The summed E-state index contributed by atoms with van der Waals surface area (Å²) in [7, 11) is 0. The van der Waals surface area contributed by atoms with Crippen molar-refractivity contribution in [3.05, 3.63) is 29.8 Å². The molecule has 1 fully saturated rings. The number of benzene rings is 1. The summed E-state index contributed by atoms with van der Waals surface area (Å²) < 4.78 is 26.6. The molecule has 1 aromatic carbocycles. The SMILES string of the molecule is OC(CNc1c(F)cccc1F)CC1CCCC1. The van der Waals surface area contributed by atoms with Crippen molar-refractivity contribution < 1.29 is 13.9 Å². The Morgan fingerprint density at radius 2 is 1.83 bits per heavy atom. The first-order valence-corrected chi connectivity index (χ1v) is 6.52. The summed E-state index contributed by atoms with van der Waals surface area (Å²) >= 11 is 0. The second kappa shape index (κ2) is 6.14. The Labute approximate surface area is 106 Å². The van der Waals surface area contributed by atoms with Gasteiger partial charge >= 0.3 is 0 Å². The molecule has 0 bridgehead atoms. The van der Waals surface area contributed by atoms with Crippen LogP contribution >= 0.6 is 0 Å². The molecule has 1 aromatic rings. The van der Waals surface area contributed by atoms with Crippen LogP contribution in [-0.4, -0.2) is 17.8 Å². The van der Waals surface area contributed by atoms with Crippen LogP contribution in [0.1, 0.15) is 32.1 Å². The van der Waals surface area contributed by atoms with Gasteiger partial charge in [-0.1, -0.05) is 31.7 Å². The number of rotatable bonds is 5. The van der Waals surface area contributed by atoms with Crippen LogP contribution in [0, 0.1) is 17.6 Å². The molecule has 2 rings (SSSR count). The molecule has 0 aliphatic heterocycles. The van der Waals surface area contributed by atoms with Gasteiger partial charge < -0.3 is 10.4 Å². The number of anilines is 1. The first kappa shape index (κ1) is 13.3. The minimum atomic E-state index is -0.622. The zero-order valence-electron chi connectivity index (χ0n) is 10.3. The van der Waals surface area contributed by atoms with Gasteiger partial charge in [-0.2, -0.15) is 0 Å². The van der Waals surface area contributed by atoms with Crippen molar-refractivity contribution in [1.29, 1.82) is 0 Å². The van der Waals surface area contributed by atoms with Gasteiger partial charge in [0.2, 0.25) is 0 Å². The summed E-state index contributed by atoms with van der Waals surface area (Å²) in [5.74, 6) is -0.682. The Hall–Kier alpha value is -1.16. The van der Waals surface area contributed by atoms with Crippen LogP contribution in [-0.2, 0) is 0 Å². The Morgan fingerprint density at radius 1 is 1.22 bits per heavy atom. The highest BCUT2D eigenvalue weighted by atomic mass is 19.1. The fourth-order valence-electron chi connectivity index (χ4n) is 2.60. The molecule has 0 amide bonds. The van der Waals surface area contributed by atoms with E-state index in [1.54, 1.807) is 0 Å². The zero-order valence-corrected chi connectivity index (χ0v) is 10.3. The van der Waals surface area contributed by atoms with Gasteiger partial charge in [0.1, 0.15) is 17.3 Å². The molecule has 2 N–H and O–H groups in total. The summed E-state index contributed by atoms with van der Waals surface area (Å²) in [6, 6.07) is 3.73. The highest BCUT2D eigenvalue weighted by Gasteiger charge is 2.19. The maximum absolute atomic E-state index is 13.3. The van der Waals surface area contributed by atoms with Crippen molar-refractivity contribution in [2.75, 3.05) is 11.9 Å². The molecule has 0 saturated heterocycles. The van der Waals surface area contributed by atoms with E-state index in [0.29, 0.717) is 12.3 Å². The van der Waals surface area contributed by atoms with E-state index < -0.39 is 17.7 Å². The first-order valence-electron chi connectivity index (χ1n) is 6.52. The second-order valence-electron chi connectivity index (χ2n) is 5.02. The Bertz CT molecular complexity index is 371. The molecule has 18 heavy (non-hydrogen) atoms. The van der Waals surface area contributed by atoms with E-state index in [1.165, 1.54) is 31.0 Å². The van der Waals surface area contributed by atoms with Gasteiger partial charge in [0.15, 0.2) is 0 Å². The Kier molecular flexibility index (Phi) is 4.53. The summed E-state index contributed by atoms with van der Waals surface area (Å²) in [6.45, 7) is 0.189. The molecule has 1 aliphatic carbocycles. The fourth-order valence-corrected chi connectivity index (χ4v) is 2.60. The number of hydrogen-bond donors (Lipinski definition) is 2. The highest BCUT2D eigenvalue weighted by Crippen LogP contribution is 2.28. The maximum atomic E-state index is 13.3. The molecule has 0 radical (unpaired) electrons. The third-order valence-corrected chi connectivity index (χ3v) is 3.56. The number of aliphatic hydroxyl groups is 1. The second-order valence-corrected chi connectivity index (χ2v) is 5.02. The van der Waals surface area contributed by atoms with Crippen molar-refractivity contribution >= 4 is 5.69 Å². The fraction of sp³-hybridized carbons (Fsp3) is 0.571. The third kappa shape index (κ3) is 3.42. The standard InChI is InChI=1S/C14H19F2NO/c15-12-6-3-7-13(16)14(12)17-9-11(18)8-10-4-1-2-5-10/h3,6-7,10-11,17-18H,1-2,4-5,8-9H2. The summed E-state index contributed by atoms with van der Waals surface area (Å²) in [5, 5.41) is 12.5. The van der Waals surface area contributed by atoms with Gasteiger partial charge in [-0.15, -0.1) is 0 Å². The van der Waals surface area contributed by atoms with Crippen LogP contribution in [0.2, 0.25) is 0 Å². The average Bonchev–Trinajstić information content (AvgIpc) is 2.81. The van der Waals surface area contributed by atoms with Gasteiger partial charge in [-0.05, 0) is 24.5 Å². The minimum absolute atomic E-state index is 0.150. The Morgan fingerprint density at radius 3 is 2.44 bits per heavy atom. The topological polar surface area (TPSA) is 32.3 Å². The zero-order chi connectivity index (χ0) is 13.0. The number of aliphatic hydroxyl groups excluding tert-OH is 1. The predicted octanol–water partition coefficient (Wildman–Crippen LogP) is 3.32. The van der Waals surface area contributed by atoms with E-state index in [-0.39, 0.29) is 12.2 Å². The minimum Gasteiger partial charge on any atom is -0.391 e. The predicted molar refractivity (Wildman–Crippen MR) is 67.4 cm³/mol. The van der Waals surface area contributed by atoms with Gasteiger partial charge in [0, 0.05) is 6.54 Å². The summed E-state index contributed by atoms with van der Waals surface area (Å²) in [4.78, 5) is 0. The Balaban J connectivity index is 1.83. The molecule has 100 valence electrons. The third-order valence-electron chi connectivity index (χ3n) is 3.56. The molecule has 1 unspecified atom stereocenters. The van der Waals surface area contributed by atoms with Crippen LogP contribution in [0.4, 0.5) is 14.5 Å². The lowest BCUT2D eigenvalue weighted by molar-refractivity contribution is 0.154. The lowest BCUT2D eigenvalue weighted by atomic mass is 10.00. The van der Waals surface area contributed by atoms with Crippen LogP contribution in [0.3, 0.4) is 0 Å². The van der Waals surface area contributed by atoms with Gasteiger partial charge in [0.25, 0.3) is 0 Å². The average molecular weight is 255 g/mol.